The lowest BCUT2D eigenvalue weighted by molar-refractivity contribution is -0.128. The number of ether oxygens (including phenoxy) is 1. The molecule has 2 N–H and O–H groups in total. The SMILES string of the molecule is CNC(=O)C(C)(C)CNC1CN(C(=O)OC(C)(C)C)CC1(C)C. The van der Waals surface area contributed by atoms with Crippen LogP contribution in [0.2, 0.25) is 0 Å². The van der Waals surface area contributed by atoms with Crippen molar-refractivity contribution in [1.29, 1.82) is 0 Å². The van der Waals surface area contributed by atoms with E-state index in [0.717, 1.165) is 0 Å². The summed E-state index contributed by atoms with van der Waals surface area (Å²) in [6.45, 7) is 15.5. The van der Waals surface area contributed by atoms with Gasteiger partial charge in [-0.05, 0) is 40.0 Å². The van der Waals surface area contributed by atoms with Gasteiger partial charge in [0.2, 0.25) is 5.91 Å². The highest BCUT2D eigenvalue weighted by molar-refractivity contribution is 5.81. The largest absolute Gasteiger partial charge is 0.444 e. The maximum atomic E-state index is 12.3. The molecule has 2 amide bonds. The van der Waals surface area contributed by atoms with Gasteiger partial charge >= 0.3 is 6.09 Å². The molecule has 1 fully saturated rings. The van der Waals surface area contributed by atoms with Crippen molar-refractivity contribution in [2.45, 2.75) is 60.1 Å². The summed E-state index contributed by atoms with van der Waals surface area (Å²) in [5.41, 5.74) is -1.06. The first-order valence-electron chi connectivity index (χ1n) is 8.22. The van der Waals surface area contributed by atoms with Crippen LogP contribution in [-0.4, -0.2) is 55.2 Å². The van der Waals surface area contributed by atoms with Gasteiger partial charge < -0.3 is 20.3 Å². The molecule has 23 heavy (non-hydrogen) atoms. The molecule has 6 heteroatoms. The molecule has 0 spiro atoms. The summed E-state index contributed by atoms with van der Waals surface area (Å²) < 4.78 is 5.46. The van der Waals surface area contributed by atoms with Crippen molar-refractivity contribution in [2.75, 3.05) is 26.7 Å². The van der Waals surface area contributed by atoms with Crippen molar-refractivity contribution in [3.63, 3.8) is 0 Å². The van der Waals surface area contributed by atoms with E-state index in [1.165, 1.54) is 0 Å². The molecule has 1 aliphatic rings. The molecule has 6 nitrogen and oxygen atoms in total. The molecule has 1 heterocycles. The van der Waals surface area contributed by atoms with Gasteiger partial charge in [-0.15, -0.1) is 0 Å². The molecule has 0 aromatic heterocycles. The highest BCUT2D eigenvalue weighted by Crippen LogP contribution is 2.31. The van der Waals surface area contributed by atoms with E-state index in [0.29, 0.717) is 19.6 Å². The van der Waals surface area contributed by atoms with Crippen LogP contribution in [0.3, 0.4) is 0 Å². The fourth-order valence-electron chi connectivity index (χ4n) is 2.74. The van der Waals surface area contributed by atoms with Crippen LogP contribution in [-0.2, 0) is 9.53 Å². The average Bonchev–Trinajstić information content (AvgIpc) is 2.69. The lowest BCUT2D eigenvalue weighted by atomic mass is 9.86. The molecule has 134 valence electrons. The van der Waals surface area contributed by atoms with Gasteiger partial charge in [0.25, 0.3) is 0 Å². The molecule has 0 radical (unpaired) electrons. The highest BCUT2D eigenvalue weighted by Gasteiger charge is 2.43. The van der Waals surface area contributed by atoms with E-state index in [1.54, 1.807) is 11.9 Å². The van der Waals surface area contributed by atoms with Crippen molar-refractivity contribution >= 4 is 12.0 Å². The van der Waals surface area contributed by atoms with Gasteiger partial charge in [0, 0.05) is 32.7 Å². The van der Waals surface area contributed by atoms with E-state index >= 15 is 0 Å². The van der Waals surface area contributed by atoms with Crippen LogP contribution in [0, 0.1) is 10.8 Å². The number of hydrogen-bond acceptors (Lipinski definition) is 4. The number of rotatable bonds is 4. The standard InChI is InChI=1S/C17H33N3O3/c1-15(2,3)23-14(22)20-9-12(17(6,7)11-20)19-10-16(4,5)13(21)18-8/h12,19H,9-11H2,1-8H3,(H,18,21). The molecule has 1 rings (SSSR count). The lowest BCUT2D eigenvalue weighted by Gasteiger charge is -2.30. The van der Waals surface area contributed by atoms with Crippen molar-refractivity contribution in [1.82, 2.24) is 15.5 Å². The minimum atomic E-state index is -0.496. The Labute approximate surface area is 140 Å². The molecule has 0 aromatic rings. The molecular formula is C17H33N3O3. The van der Waals surface area contributed by atoms with E-state index in [1.807, 2.05) is 34.6 Å². The van der Waals surface area contributed by atoms with Crippen LogP contribution < -0.4 is 10.6 Å². The number of nitrogens with zero attached hydrogens (tertiary/aromatic N) is 1. The van der Waals surface area contributed by atoms with Gasteiger partial charge in [0.1, 0.15) is 5.60 Å². The minimum absolute atomic E-state index is 0.00445. The van der Waals surface area contributed by atoms with Crippen LogP contribution in [0.5, 0.6) is 0 Å². The first-order chi connectivity index (χ1) is 10.3. The lowest BCUT2D eigenvalue weighted by Crippen LogP contribution is -2.49. The summed E-state index contributed by atoms with van der Waals surface area (Å²) in [5.74, 6) is 0.00445. The summed E-state index contributed by atoms with van der Waals surface area (Å²) >= 11 is 0. The normalized spacial score (nSPS) is 21.2. The molecule has 1 saturated heterocycles. The van der Waals surface area contributed by atoms with Crippen LogP contribution in [0.15, 0.2) is 0 Å². The van der Waals surface area contributed by atoms with Gasteiger partial charge in [-0.2, -0.15) is 0 Å². The Morgan fingerprint density at radius 2 is 1.78 bits per heavy atom. The summed E-state index contributed by atoms with van der Waals surface area (Å²) in [7, 11) is 1.65. The van der Waals surface area contributed by atoms with Crippen molar-refractivity contribution in [2.24, 2.45) is 10.8 Å². The van der Waals surface area contributed by atoms with Crippen LogP contribution in [0.1, 0.15) is 48.5 Å². The van der Waals surface area contributed by atoms with Crippen molar-refractivity contribution < 1.29 is 14.3 Å². The highest BCUT2D eigenvalue weighted by atomic mass is 16.6. The van der Waals surface area contributed by atoms with Gasteiger partial charge in [0.15, 0.2) is 0 Å². The summed E-state index contributed by atoms with van der Waals surface area (Å²) in [5, 5.41) is 6.16. The molecule has 1 aliphatic heterocycles. The van der Waals surface area contributed by atoms with Gasteiger partial charge in [-0.1, -0.05) is 13.8 Å². The topological polar surface area (TPSA) is 70.7 Å². The quantitative estimate of drug-likeness (QED) is 0.828. The Bertz CT molecular complexity index is 452. The first kappa shape index (κ1) is 19.7. The predicted octanol–water partition coefficient (Wildman–Crippen LogP) is 1.99. The molecule has 0 aromatic carbocycles. The molecule has 0 saturated carbocycles. The Morgan fingerprint density at radius 1 is 1.22 bits per heavy atom. The maximum Gasteiger partial charge on any atom is 0.410 e. The van der Waals surface area contributed by atoms with Gasteiger partial charge in [-0.25, -0.2) is 4.79 Å². The Balaban J connectivity index is 2.67. The summed E-state index contributed by atoms with van der Waals surface area (Å²) in [6, 6.07) is 0.124. The second-order valence-electron chi connectivity index (χ2n) is 8.75. The van der Waals surface area contributed by atoms with Crippen LogP contribution >= 0.6 is 0 Å². The third kappa shape index (κ3) is 5.37. The van der Waals surface area contributed by atoms with Gasteiger partial charge in [-0.3, -0.25) is 4.79 Å². The molecule has 1 unspecified atom stereocenters. The number of nitrogens with one attached hydrogen (secondary N) is 2. The first-order valence-corrected chi connectivity index (χ1v) is 8.22. The van der Waals surface area contributed by atoms with E-state index in [9.17, 15) is 9.59 Å². The van der Waals surface area contributed by atoms with E-state index < -0.39 is 11.0 Å². The summed E-state index contributed by atoms with van der Waals surface area (Å²) in [4.78, 5) is 25.9. The summed E-state index contributed by atoms with van der Waals surface area (Å²) in [6.07, 6.45) is -0.277. The Morgan fingerprint density at radius 3 is 2.26 bits per heavy atom. The Hall–Kier alpha value is -1.30. The smallest absolute Gasteiger partial charge is 0.410 e. The second-order valence-corrected chi connectivity index (χ2v) is 8.75. The molecule has 0 bridgehead atoms. The van der Waals surface area contributed by atoms with Gasteiger partial charge in [0.05, 0.1) is 5.41 Å². The number of carbonyl (C=O) groups excluding carboxylic acids is 2. The number of hydrogen-bond donors (Lipinski definition) is 2. The maximum absolute atomic E-state index is 12.3. The average molecular weight is 327 g/mol. The fourth-order valence-corrected chi connectivity index (χ4v) is 2.74. The van der Waals surface area contributed by atoms with E-state index in [-0.39, 0.29) is 23.5 Å². The Kier molecular flexibility index (Phi) is 5.73. The predicted molar refractivity (Wildman–Crippen MR) is 91.2 cm³/mol. The molecule has 1 atom stereocenters. The zero-order valence-electron chi connectivity index (χ0n) is 15.9. The van der Waals surface area contributed by atoms with E-state index in [2.05, 4.69) is 24.5 Å². The minimum Gasteiger partial charge on any atom is -0.444 e. The third-order valence-electron chi connectivity index (χ3n) is 4.23. The number of carbonyl (C=O) groups is 2. The number of amides is 2. The fraction of sp³-hybridized carbons (Fsp3) is 0.882. The zero-order chi connectivity index (χ0) is 18.1. The molecule has 0 aliphatic carbocycles. The number of likely N-dealkylation sites (tertiary alicyclic amines) is 1. The van der Waals surface area contributed by atoms with Crippen LogP contribution in [0.4, 0.5) is 4.79 Å². The zero-order valence-corrected chi connectivity index (χ0v) is 15.9. The monoisotopic (exact) mass is 327 g/mol. The van der Waals surface area contributed by atoms with Crippen molar-refractivity contribution in [3.8, 4) is 0 Å². The van der Waals surface area contributed by atoms with Crippen LogP contribution in [0.25, 0.3) is 0 Å². The molecular weight excluding hydrogens is 294 g/mol. The second kappa shape index (κ2) is 6.67. The third-order valence-corrected chi connectivity index (χ3v) is 4.23. The van der Waals surface area contributed by atoms with E-state index in [4.69, 9.17) is 4.74 Å². The van der Waals surface area contributed by atoms with Crippen molar-refractivity contribution in [3.05, 3.63) is 0 Å².